The van der Waals surface area contributed by atoms with Crippen LogP contribution in [0.1, 0.15) is 66.9 Å². The van der Waals surface area contributed by atoms with Gasteiger partial charge in [0.05, 0.1) is 24.4 Å². The molecule has 0 saturated carbocycles. The van der Waals surface area contributed by atoms with Crippen molar-refractivity contribution >= 4 is 35.0 Å². The zero-order valence-corrected chi connectivity index (χ0v) is 23.4. The maximum Gasteiger partial charge on any atom is 0.389 e. The molecule has 0 unspecified atom stereocenters. The molecule has 0 aliphatic rings. The third-order valence-corrected chi connectivity index (χ3v) is 6.10. The van der Waals surface area contributed by atoms with Gasteiger partial charge in [-0.1, -0.05) is 38.3 Å². The van der Waals surface area contributed by atoms with Crippen molar-refractivity contribution in [3.63, 3.8) is 0 Å². The predicted molar refractivity (Wildman–Crippen MR) is 157 cm³/mol. The van der Waals surface area contributed by atoms with Gasteiger partial charge in [0.2, 0.25) is 0 Å². The molecule has 0 aliphatic heterocycles. The fourth-order valence-electron chi connectivity index (χ4n) is 3.98. The van der Waals surface area contributed by atoms with Gasteiger partial charge in [0, 0.05) is 17.8 Å². The Hall–Kier alpha value is -4.47. The van der Waals surface area contributed by atoms with Crippen LogP contribution < -0.4 is 20.9 Å². The van der Waals surface area contributed by atoms with E-state index in [1.807, 2.05) is 0 Å². The van der Waals surface area contributed by atoms with Crippen molar-refractivity contribution < 1.29 is 37.0 Å². The van der Waals surface area contributed by atoms with E-state index in [2.05, 4.69) is 6.92 Å². The van der Waals surface area contributed by atoms with Crippen molar-refractivity contribution in [2.24, 2.45) is 0 Å². The van der Waals surface area contributed by atoms with Crippen LogP contribution in [-0.4, -0.2) is 31.3 Å². The number of alkyl halides is 3. The van der Waals surface area contributed by atoms with Crippen LogP contribution in [-0.2, 0) is 9.53 Å². The van der Waals surface area contributed by atoms with Gasteiger partial charge in [-0.3, -0.25) is 0 Å². The van der Waals surface area contributed by atoms with Gasteiger partial charge in [-0.05, 0) is 84.6 Å². The Kier molecular flexibility index (Phi) is 11.8. The molecule has 0 atom stereocenters. The fraction of sp³-hybridized carbons (Fsp3) is 0.312. The second-order valence-corrected chi connectivity index (χ2v) is 9.69. The van der Waals surface area contributed by atoms with E-state index in [0.29, 0.717) is 34.9 Å². The van der Waals surface area contributed by atoms with Crippen LogP contribution in [0, 0.1) is 0 Å². The SMILES string of the molecule is CCCCCCOC(=O)C(=Cc1ccc(OC(=O)c2ccc(OCCCC(F)(F)F)cc2)cc1)c1cc(N)cc(N)c1. The number of nitrogen functional groups attached to an aromatic ring is 2. The largest absolute Gasteiger partial charge is 0.494 e. The Morgan fingerprint density at radius 2 is 1.43 bits per heavy atom. The van der Waals surface area contributed by atoms with Gasteiger partial charge in [0.1, 0.15) is 11.5 Å². The number of carbonyl (C=O) groups is 2. The highest BCUT2D eigenvalue weighted by Crippen LogP contribution is 2.26. The summed E-state index contributed by atoms with van der Waals surface area (Å²) >= 11 is 0. The number of carbonyl (C=O) groups excluding carboxylic acids is 2. The average Bonchev–Trinajstić information content (AvgIpc) is 2.94. The van der Waals surface area contributed by atoms with Gasteiger partial charge in [-0.15, -0.1) is 0 Å². The molecule has 10 heteroatoms. The Morgan fingerprint density at radius 3 is 2.05 bits per heavy atom. The van der Waals surface area contributed by atoms with Crippen LogP contribution >= 0.6 is 0 Å². The van der Waals surface area contributed by atoms with E-state index in [4.69, 9.17) is 25.7 Å². The highest BCUT2D eigenvalue weighted by molar-refractivity contribution is 6.22. The normalized spacial score (nSPS) is 11.7. The van der Waals surface area contributed by atoms with E-state index >= 15 is 0 Å². The molecule has 0 fully saturated rings. The first-order valence-corrected chi connectivity index (χ1v) is 13.7. The number of unbranched alkanes of at least 4 members (excludes halogenated alkanes) is 3. The van der Waals surface area contributed by atoms with Gasteiger partial charge in [-0.2, -0.15) is 13.2 Å². The van der Waals surface area contributed by atoms with Gasteiger partial charge >= 0.3 is 18.1 Å². The highest BCUT2D eigenvalue weighted by atomic mass is 19.4. The molecule has 3 rings (SSSR count). The predicted octanol–water partition coefficient (Wildman–Crippen LogP) is 7.46. The minimum absolute atomic E-state index is 0.0897. The molecule has 0 aliphatic carbocycles. The third kappa shape index (κ3) is 10.8. The van der Waals surface area contributed by atoms with E-state index in [9.17, 15) is 22.8 Å². The van der Waals surface area contributed by atoms with Crippen molar-refractivity contribution in [1.29, 1.82) is 0 Å². The molecule has 3 aromatic rings. The van der Waals surface area contributed by atoms with Gasteiger partial charge in [0.15, 0.2) is 0 Å². The molecule has 7 nitrogen and oxygen atoms in total. The van der Waals surface area contributed by atoms with Crippen molar-refractivity contribution in [2.45, 2.75) is 51.6 Å². The smallest absolute Gasteiger partial charge is 0.389 e. The number of hydrogen-bond donors (Lipinski definition) is 2. The quantitative estimate of drug-likeness (QED) is 0.0505. The minimum atomic E-state index is -4.22. The first-order chi connectivity index (χ1) is 20.0. The maximum absolute atomic E-state index is 13.0. The van der Waals surface area contributed by atoms with Crippen LogP contribution in [0.4, 0.5) is 24.5 Å². The van der Waals surface area contributed by atoms with E-state index < -0.39 is 24.5 Å². The second kappa shape index (κ2) is 15.5. The van der Waals surface area contributed by atoms with Gasteiger partial charge < -0.3 is 25.7 Å². The zero-order valence-electron chi connectivity index (χ0n) is 23.4. The molecule has 0 bridgehead atoms. The summed E-state index contributed by atoms with van der Waals surface area (Å²) in [6.07, 6.45) is 0.225. The summed E-state index contributed by atoms with van der Waals surface area (Å²) in [5.74, 6) is -0.496. The summed E-state index contributed by atoms with van der Waals surface area (Å²) < 4.78 is 53.0. The Labute approximate surface area is 243 Å². The Morgan fingerprint density at radius 1 is 0.786 bits per heavy atom. The lowest BCUT2D eigenvalue weighted by Crippen LogP contribution is -2.10. The van der Waals surface area contributed by atoms with Crippen LogP contribution in [0.2, 0.25) is 0 Å². The zero-order chi connectivity index (χ0) is 30.5. The lowest BCUT2D eigenvalue weighted by Gasteiger charge is -2.11. The standard InChI is InChI=1S/C32H35F3N2O5/c1-2-3-4-5-16-41-31(39)29(24-19-25(36)21-26(37)20-24)18-22-7-11-28(12-8-22)42-30(38)23-9-13-27(14-10-23)40-17-6-15-32(33,34)35/h7-14,18-21H,2-6,15-17,36-37H2,1H3. The van der Waals surface area contributed by atoms with Crippen LogP contribution in [0.5, 0.6) is 11.5 Å². The molecule has 0 spiro atoms. The maximum atomic E-state index is 13.0. The summed E-state index contributed by atoms with van der Waals surface area (Å²) in [5.41, 5.74) is 14.4. The van der Waals surface area contributed by atoms with Crippen molar-refractivity contribution in [1.82, 2.24) is 0 Å². The summed E-state index contributed by atoms with van der Waals surface area (Å²) in [5, 5.41) is 0. The number of ether oxygens (including phenoxy) is 3. The lowest BCUT2D eigenvalue weighted by molar-refractivity contribution is -0.137. The van der Waals surface area contributed by atoms with Crippen LogP contribution in [0.15, 0.2) is 66.7 Å². The van der Waals surface area contributed by atoms with Crippen molar-refractivity contribution in [3.05, 3.63) is 83.4 Å². The number of esters is 2. The van der Waals surface area contributed by atoms with E-state index in [0.717, 1.165) is 25.7 Å². The van der Waals surface area contributed by atoms with Crippen LogP contribution in [0.3, 0.4) is 0 Å². The molecule has 3 aromatic carbocycles. The molecule has 0 amide bonds. The molecular weight excluding hydrogens is 549 g/mol. The number of benzene rings is 3. The third-order valence-electron chi connectivity index (χ3n) is 6.10. The Balaban J connectivity index is 1.66. The summed E-state index contributed by atoms with van der Waals surface area (Å²) in [6.45, 7) is 2.31. The lowest BCUT2D eigenvalue weighted by atomic mass is 10.0. The van der Waals surface area contributed by atoms with E-state index in [1.54, 1.807) is 48.5 Å². The summed E-state index contributed by atoms with van der Waals surface area (Å²) in [4.78, 5) is 25.6. The molecule has 0 saturated heterocycles. The number of nitrogens with two attached hydrogens (primary N) is 2. The average molecular weight is 585 g/mol. The van der Waals surface area contributed by atoms with E-state index in [1.165, 1.54) is 24.3 Å². The Bertz CT molecular complexity index is 1330. The summed E-state index contributed by atoms with van der Waals surface area (Å²) in [7, 11) is 0. The number of rotatable bonds is 14. The first-order valence-electron chi connectivity index (χ1n) is 13.7. The molecule has 4 N–H and O–H groups in total. The number of halogens is 3. The highest BCUT2D eigenvalue weighted by Gasteiger charge is 2.26. The van der Waals surface area contributed by atoms with Gasteiger partial charge in [0.25, 0.3) is 0 Å². The molecule has 0 radical (unpaired) electrons. The fourth-order valence-corrected chi connectivity index (χ4v) is 3.98. The van der Waals surface area contributed by atoms with Crippen LogP contribution in [0.25, 0.3) is 11.6 Å². The van der Waals surface area contributed by atoms with Crippen molar-refractivity contribution in [3.8, 4) is 11.5 Å². The first kappa shape index (κ1) is 32.0. The topological polar surface area (TPSA) is 114 Å². The molecule has 224 valence electrons. The minimum Gasteiger partial charge on any atom is -0.494 e. The monoisotopic (exact) mass is 584 g/mol. The van der Waals surface area contributed by atoms with E-state index in [-0.39, 0.29) is 29.9 Å². The second-order valence-electron chi connectivity index (χ2n) is 9.69. The number of hydrogen-bond acceptors (Lipinski definition) is 7. The van der Waals surface area contributed by atoms with Gasteiger partial charge in [-0.25, -0.2) is 9.59 Å². The van der Waals surface area contributed by atoms with Crippen molar-refractivity contribution in [2.75, 3.05) is 24.7 Å². The molecule has 42 heavy (non-hydrogen) atoms. The summed E-state index contributed by atoms with van der Waals surface area (Å²) in [6, 6.07) is 17.4. The molecule has 0 aromatic heterocycles. The molecule has 0 heterocycles. The number of anilines is 2. The molecular formula is C32H35F3N2O5.